The number of carbonyl (C=O) groups is 1. The summed E-state index contributed by atoms with van der Waals surface area (Å²) in [5.41, 5.74) is 3.65. The molecule has 11 heteroatoms. The molecule has 0 bridgehead atoms. The number of amides is 2. The average Bonchev–Trinajstić information content (AvgIpc) is 3.19. The lowest BCUT2D eigenvalue weighted by molar-refractivity contribution is 0.224. The van der Waals surface area contributed by atoms with Crippen molar-refractivity contribution < 1.29 is 22.6 Å². The van der Waals surface area contributed by atoms with Crippen molar-refractivity contribution in [2.75, 3.05) is 19.0 Å². The summed E-state index contributed by atoms with van der Waals surface area (Å²) in [4.78, 5) is 16.9. The number of hydrogen-bond acceptors (Lipinski definition) is 6. The Morgan fingerprint density at radius 2 is 2.31 bits per heavy atom. The minimum atomic E-state index is -3.63. The molecule has 2 amide bonds. The highest BCUT2D eigenvalue weighted by Crippen LogP contribution is 2.39. The molecule has 2 aliphatic rings. The van der Waals surface area contributed by atoms with Crippen molar-refractivity contribution in [3.8, 4) is 22.9 Å². The fraction of sp³-hybridized carbons (Fsp3) is 0.286. The average molecular weight is 458 g/mol. The third-order valence-corrected chi connectivity index (χ3v) is 6.83. The van der Waals surface area contributed by atoms with E-state index in [-0.39, 0.29) is 16.7 Å². The summed E-state index contributed by atoms with van der Waals surface area (Å²) in [7, 11) is -6.28. The highest BCUT2D eigenvalue weighted by Gasteiger charge is 2.26. The molecule has 1 atom stereocenters. The number of pyridine rings is 1. The van der Waals surface area contributed by atoms with Gasteiger partial charge in [0.25, 0.3) is 0 Å². The van der Waals surface area contributed by atoms with E-state index in [2.05, 4.69) is 19.8 Å². The van der Waals surface area contributed by atoms with E-state index in [4.69, 9.17) is 18.7 Å². The third-order valence-electron chi connectivity index (χ3n) is 5.48. The predicted octanol–water partition coefficient (Wildman–Crippen LogP) is 2.77. The van der Waals surface area contributed by atoms with Crippen LogP contribution in [0, 0.1) is 0 Å². The van der Waals surface area contributed by atoms with Crippen LogP contribution in [0.3, 0.4) is 0 Å². The summed E-state index contributed by atoms with van der Waals surface area (Å²) in [5, 5.41) is 12.8. The molecule has 0 saturated carbocycles. The van der Waals surface area contributed by atoms with Crippen LogP contribution < -0.4 is 19.9 Å². The summed E-state index contributed by atoms with van der Waals surface area (Å²) in [5.74, 6) is 0.173. The van der Waals surface area contributed by atoms with Crippen molar-refractivity contribution in [3.63, 3.8) is 0 Å². The molecule has 1 aliphatic heterocycles. The summed E-state index contributed by atoms with van der Waals surface area (Å²) in [6, 6.07) is 6.00. The highest BCUT2D eigenvalue weighted by molar-refractivity contribution is 7.91. The Balaban J connectivity index is 1.48. The van der Waals surface area contributed by atoms with Gasteiger partial charge in [0.2, 0.25) is 11.8 Å². The molecule has 1 aromatic carbocycles. The lowest BCUT2D eigenvalue weighted by Crippen LogP contribution is -2.22. The lowest BCUT2D eigenvalue weighted by Gasteiger charge is -2.25. The van der Waals surface area contributed by atoms with Crippen molar-refractivity contribution in [3.05, 3.63) is 47.8 Å². The molecule has 0 saturated heterocycles. The number of urea groups is 1. The van der Waals surface area contributed by atoms with Crippen molar-refractivity contribution in [2.24, 2.45) is 9.50 Å². The molecule has 10 nitrogen and oxygen atoms in total. The van der Waals surface area contributed by atoms with Gasteiger partial charge in [-0.1, -0.05) is 12.1 Å². The van der Waals surface area contributed by atoms with Crippen molar-refractivity contribution >= 4 is 21.6 Å². The Hall–Kier alpha value is -3.44. The van der Waals surface area contributed by atoms with E-state index in [0.717, 1.165) is 30.4 Å². The van der Waals surface area contributed by atoms with Gasteiger partial charge in [0.05, 0.1) is 29.6 Å². The molecule has 3 heterocycles. The molecule has 1 unspecified atom stereocenters. The van der Waals surface area contributed by atoms with Crippen molar-refractivity contribution in [2.45, 2.75) is 30.7 Å². The first-order valence-electron chi connectivity index (χ1n) is 11.5. The second kappa shape index (κ2) is 7.92. The predicted molar refractivity (Wildman–Crippen MR) is 118 cm³/mol. The zero-order valence-corrected chi connectivity index (χ0v) is 17.7. The summed E-state index contributed by atoms with van der Waals surface area (Å²) in [6.07, 6.45) is 5.07. The molecule has 0 fully saturated rings. The first-order chi connectivity index (χ1) is 16.6. The first-order valence-corrected chi connectivity index (χ1v) is 11.5. The van der Waals surface area contributed by atoms with E-state index in [1.807, 2.05) is 12.1 Å². The van der Waals surface area contributed by atoms with E-state index >= 15 is 0 Å². The highest BCUT2D eigenvalue weighted by atomic mass is 32.2. The number of rotatable bonds is 4. The fourth-order valence-electron chi connectivity index (χ4n) is 3.86. The fourth-order valence-corrected chi connectivity index (χ4v) is 4.86. The number of nitrogens with one attached hydrogen (secondary N) is 1. The minimum absolute atomic E-state index is 0.0641. The van der Waals surface area contributed by atoms with Gasteiger partial charge < -0.3 is 14.8 Å². The number of hydrogen-bond donors (Lipinski definition) is 2. The van der Waals surface area contributed by atoms with Crippen LogP contribution in [0.15, 0.2) is 45.9 Å². The number of anilines is 1. The van der Waals surface area contributed by atoms with Crippen molar-refractivity contribution in [1.82, 2.24) is 14.8 Å². The van der Waals surface area contributed by atoms with Gasteiger partial charge in [0.1, 0.15) is 4.90 Å². The smallest absolute Gasteiger partial charge is 0.354 e. The minimum Gasteiger partial charge on any atom is -0.481 e. The van der Waals surface area contributed by atoms with E-state index in [0.29, 0.717) is 30.0 Å². The van der Waals surface area contributed by atoms with Crippen LogP contribution in [0.4, 0.5) is 10.5 Å². The second-order valence-corrected chi connectivity index (χ2v) is 9.20. The molecule has 0 radical (unpaired) electrons. The first kappa shape index (κ1) is 17.2. The topological polar surface area (TPSA) is 134 Å². The van der Waals surface area contributed by atoms with E-state index in [1.54, 1.807) is 10.7 Å². The standard InChI is InChI=1S/C21H22N6O4S/c1-30-18-11-14(7-8-23-18)16-6-4-13-3-5-15(13)19(16)25-21(28)26-32(22,29)17-12-24-27-9-2-10-31-20(17)27/h4,6-8,11-12H,2-3,5,9-10H2,1H3,(H3,22,25,26,28,29)/i1D3. The Morgan fingerprint density at radius 3 is 3.12 bits per heavy atom. The quantitative estimate of drug-likeness (QED) is 0.619. The zero-order valence-electron chi connectivity index (χ0n) is 19.9. The normalized spacial score (nSPS) is 17.7. The molecule has 3 aromatic rings. The Kier molecular flexibility index (Phi) is 4.24. The maximum Gasteiger partial charge on any atom is 0.354 e. The van der Waals surface area contributed by atoms with E-state index < -0.39 is 23.0 Å². The molecule has 0 spiro atoms. The van der Waals surface area contributed by atoms with Gasteiger partial charge in [-0.15, -0.1) is 4.36 Å². The number of nitrogens with two attached hydrogens (primary N) is 1. The number of nitrogens with zero attached hydrogens (tertiary/aromatic N) is 4. The monoisotopic (exact) mass is 457 g/mol. The molecule has 5 rings (SSSR count). The van der Waals surface area contributed by atoms with Gasteiger partial charge in [-0.05, 0) is 35.6 Å². The van der Waals surface area contributed by atoms with Gasteiger partial charge in [-0.3, -0.25) is 0 Å². The van der Waals surface area contributed by atoms with Gasteiger partial charge in [-0.25, -0.2) is 23.8 Å². The van der Waals surface area contributed by atoms with Crippen molar-refractivity contribution in [1.29, 1.82) is 0 Å². The van der Waals surface area contributed by atoms with Crippen LogP contribution >= 0.6 is 0 Å². The second-order valence-electron chi connectivity index (χ2n) is 7.44. The number of benzene rings is 1. The third kappa shape index (κ3) is 3.59. The van der Waals surface area contributed by atoms with E-state index in [9.17, 15) is 9.00 Å². The molecular weight excluding hydrogens is 432 g/mol. The lowest BCUT2D eigenvalue weighted by atomic mass is 9.84. The largest absolute Gasteiger partial charge is 0.481 e. The van der Waals surface area contributed by atoms with Crippen LogP contribution in [-0.4, -0.2) is 38.6 Å². The van der Waals surface area contributed by atoms with E-state index in [1.165, 1.54) is 18.5 Å². The number of carbonyl (C=O) groups excluding carboxylic acids is 1. The van der Waals surface area contributed by atoms with Gasteiger partial charge in [0.15, 0.2) is 9.92 Å². The molecule has 1 aliphatic carbocycles. The molecule has 2 aromatic heterocycles. The Bertz CT molecular complexity index is 1450. The van der Waals surface area contributed by atoms with Gasteiger partial charge in [0, 0.05) is 30.8 Å². The Labute approximate surface area is 189 Å². The van der Waals surface area contributed by atoms with Crippen LogP contribution in [0.1, 0.15) is 21.7 Å². The number of fused-ring (bicyclic) bond motifs is 2. The number of ether oxygens (including phenoxy) is 2. The number of aromatic nitrogens is 3. The van der Waals surface area contributed by atoms with Crippen LogP contribution in [-0.2, 0) is 29.3 Å². The zero-order chi connectivity index (χ0) is 24.8. The maximum absolute atomic E-state index is 13.2. The summed E-state index contributed by atoms with van der Waals surface area (Å²) in [6.45, 7) is 1.02. The maximum atomic E-state index is 13.2. The molecule has 166 valence electrons. The Morgan fingerprint density at radius 1 is 1.41 bits per heavy atom. The van der Waals surface area contributed by atoms with Crippen LogP contribution in [0.5, 0.6) is 11.8 Å². The number of methoxy groups -OCH3 is 1. The number of aryl methyl sites for hydroxylation is 2. The summed E-state index contributed by atoms with van der Waals surface area (Å²) >= 11 is 0. The SMILES string of the molecule is [2H]C([2H])([2H])Oc1cc(-c2ccc3c(c2NC(=O)N=S(N)(=O)c2cnn4c2OCCC4)CC3)ccn1. The summed E-state index contributed by atoms with van der Waals surface area (Å²) < 4.78 is 50.8. The molecule has 32 heavy (non-hydrogen) atoms. The van der Waals surface area contributed by atoms with Crippen LogP contribution in [0.2, 0.25) is 0 Å². The van der Waals surface area contributed by atoms with Gasteiger partial charge in [-0.2, -0.15) is 5.10 Å². The molecule has 3 N–H and O–H groups in total. The molecular formula is C21H22N6O4S. The van der Waals surface area contributed by atoms with Gasteiger partial charge >= 0.3 is 6.03 Å². The van der Waals surface area contributed by atoms with Crippen LogP contribution in [0.25, 0.3) is 11.1 Å².